The van der Waals surface area contributed by atoms with E-state index in [9.17, 15) is 0 Å². The van der Waals surface area contributed by atoms with Gasteiger partial charge < -0.3 is 14.8 Å². The molecule has 0 fully saturated rings. The molecule has 0 saturated heterocycles. The molecule has 116 valence electrons. The van der Waals surface area contributed by atoms with E-state index in [-0.39, 0.29) is 0 Å². The lowest BCUT2D eigenvalue weighted by Gasteiger charge is -2.07. The second-order valence-corrected chi connectivity index (χ2v) is 4.71. The highest BCUT2D eigenvalue weighted by molar-refractivity contribution is 5.34. The Kier molecular flexibility index (Phi) is 4.63. The number of benzene rings is 1. The molecule has 2 aromatic heterocycles. The summed E-state index contributed by atoms with van der Waals surface area (Å²) in [5.41, 5.74) is 1.01. The van der Waals surface area contributed by atoms with Crippen LogP contribution in [0.15, 0.2) is 61.1 Å². The van der Waals surface area contributed by atoms with Crippen molar-refractivity contribution < 1.29 is 9.47 Å². The summed E-state index contributed by atoms with van der Waals surface area (Å²) < 4.78 is 10.8. The summed E-state index contributed by atoms with van der Waals surface area (Å²) in [5.74, 6) is 2.62. The zero-order valence-electron chi connectivity index (χ0n) is 12.6. The smallest absolute Gasteiger partial charge is 0.222 e. The summed E-state index contributed by atoms with van der Waals surface area (Å²) in [6.07, 6.45) is 5.15. The fourth-order valence-corrected chi connectivity index (χ4v) is 1.91. The first kappa shape index (κ1) is 14.8. The van der Waals surface area contributed by atoms with Crippen LogP contribution < -0.4 is 14.8 Å². The molecule has 0 atom stereocenters. The van der Waals surface area contributed by atoms with Crippen molar-refractivity contribution in [3.63, 3.8) is 0 Å². The van der Waals surface area contributed by atoms with Crippen molar-refractivity contribution in [1.82, 2.24) is 15.0 Å². The van der Waals surface area contributed by atoms with Gasteiger partial charge in [0.2, 0.25) is 11.8 Å². The number of pyridine rings is 1. The maximum absolute atomic E-state index is 5.68. The molecule has 3 aromatic rings. The number of hydrogen-bond donors (Lipinski definition) is 1. The van der Waals surface area contributed by atoms with Gasteiger partial charge in [0.05, 0.1) is 7.11 Å². The lowest BCUT2D eigenvalue weighted by Crippen LogP contribution is -2.03. The van der Waals surface area contributed by atoms with E-state index in [1.165, 1.54) is 0 Å². The number of ether oxygens (including phenoxy) is 2. The van der Waals surface area contributed by atoms with Crippen molar-refractivity contribution in [2.45, 2.75) is 6.54 Å². The van der Waals surface area contributed by atoms with E-state index in [1.54, 1.807) is 31.8 Å². The van der Waals surface area contributed by atoms with Gasteiger partial charge in [0.25, 0.3) is 0 Å². The summed E-state index contributed by atoms with van der Waals surface area (Å²) in [6.45, 7) is 0.597. The predicted octanol–water partition coefficient (Wildman–Crippen LogP) is 3.28. The molecule has 6 nitrogen and oxygen atoms in total. The van der Waals surface area contributed by atoms with Crippen molar-refractivity contribution >= 4 is 5.95 Å². The van der Waals surface area contributed by atoms with Gasteiger partial charge >= 0.3 is 0 Å². The Hall–Kier alpha value is -3.15. The highest BCUT2D eigenvalue weighted by Crippen LogP contribution is 2.22. The maximum atomic E-state index is 5.68. The number of nitrogens with one attached hydrogen (secondary N) is 1. The first-order chi connectivity index (χ1) is 11.3. The lowest BCUT2D eigenvalue weighted by molar-refractivity contribution is 0.412. The fraction of sp³-hybridized carbons (Fsp3) is 0.118. The predicted molar refractivity (Wildman–Crippen MR) is 86.7 cm³/mol. The summed E-state index contributed by atoms with van der Waals surface area (Å²) in [5, 5.41) is 3.13. The van der Waals surface area contributed by atoms with Crippen LogP contribution in [-0.4, -0.2) is 22.1 Å². The number of rotatable bonds is 6. The number of anilines is 1. The molecule has 0 radical (unpaired) electrons. The Labute approximate surface area is 134 Å². The van der Waals surface area contributed by atoms with E-state index < -0.39 is 0 Å². The number of methoxy groups -OCH3 is 1. The van der Waals surface area contributed by atoms with Gasteiger partial charge in [0.15, 0.2) is 0 Å². The van der Waals surface area contributed by atoms with Crippen LogP contribution in [0.25, 0.3) is 0 Å². The van der Waals surface area contributed by atoms with E-state index in [4.69, 9.17) is 9.47 Å². The van der Waals surface area contributed by atoms with Crippen LogP contribution in [0, 0.1) is 0 Å². The quantitative estimate of drug-likeness (QED) is 0.753. The highest BCUT2D eigenvalue weighted by Gasteiger charge is 2.01. The first-order valence-electron chi connectivity index (χ1n) is 7.11. The molecular weight excluding hydrogens is 292 g/mol. The summed E-state index contributed by atoms with van der Waals surface area (Å²) in [7, 11) is 1.63. The Morgan fingerprint density at radius 1 is 0.913 bits per heavy atom. The molecule has 0 amide bonds. The van der Waals surface area contributed by atoms with Crippen LogP contribution in [-0.2, 0) is 6.54 Å². The van der Waals surface area contributed by atoms with Crippen LogP contribution in [0.2, 0.25) is 0 Å². The Morgan fingerprint density at radius 3 is 2.30 bits per heavy atom. The fourth-order valence-electron chi connectivity index (χ4n) is 1.91. The molecule has 0 aliphatic rings. The van der Waals surface area contributed by atoms with E-state index in [0.29, 0.717) is 24.1 Å². The Bertz CT molecular complexity index is 731. The SMILES string of the molecule is COc1ccc(Oc2ccc(CNc3ncccn3)cn2)cc1. The molecule has 0 aliphatic carbocycles. The second kappa shape index (κ2) is 7.22. The van der Waals surface area contributed by atoms with Crippen molar-refractivity contribution in [3.05, 3.63) is 66.6 Å². The Morgan fingerprint density at radius 2 is 1.65 bits per heavy atom. The van der Waals surface area contributed by atoms with Crippen molar-refractivity contribution in [2.24, 2.45) is 0 Å². The molecule has 2 heterocycles. The van der Waals surface area contributed by atoms with Crippen LogP contribution in [0.5, 0.6) is 17.4 Å². The van der Waals surface area contributed by atoms with Gasteiger partial charge in [0, 0.05) is 31.2 Å². The van der Waals surface area contributed by atoms with Crippen LogP contribution >= 0.6 is 0 Å². The van der Waals surface area contributed by atoms with Crippen molar-refractivity contribution in [2.75, 3.05) is 12.4 Å². The van der Waals surface area contributed by atoms with E-state index in [1.807, 2.05) is 36.4 Å². The zero-order chi connectivity index (χ0) is 15.9. The molecule has 3 rings (SSSR count). The third kappa shape index (κ3) is 4.16. The van der Waals surface area contributed by atoms with E-state index in [2.05, 4.69) is 20.3 Å². The first-order valence-corrected chi connectivity index (χ1v) is 7.11. The average molecular weight is 308 g/mol. The lowest BCUT2D eigenvalue weighted by atomic mass is 10.3. The van der Waals surface area contributed by atoms with Crippen LogP contribution in [0.4, 0.5) is 5.95 Å². The summed E-state index contributed by atoms with van der Waals surface area (Å²) >= 11 is 0. The van der Waals surface area contributed by atoms with Gasteiger partial charge in [0.1, 0.15) is 11.5 Å². The third-order valence-corrected chi connectivity index (χ3v) is 3.10. The zero-order valence-corrected chi connectivity index (χ0v) is 12.6. The van der Waals surface area contributed by atoms with E-state index in [0.717, 1.165) is 11.3 Å². The molecular formula is C17H16N4O2. The van der Waals surface area contributed by atoms with Crippen molar-refractivity contribution in [3.8, 4) is 17.4 Å². The summed E-state index contributed by atoms with van der Waals surface area (Å²) in [6, 6.07) is 12.9. The van der Waals surface area contributed by atoms with Crippen molar-refractivity contribution in [1.29, 1.82) is 0 Å². The minimum atomic E-state index is 0.537. The number of aromatic nitrogens is 3. The van der Waals surface area contributed by atoms with Gasteiger partial charge in [-0.25, -0.2) is 15.0 Å². The number of hydrogen-bond acceptors (Lipinski definition) is 6. The normalized spacial score (nSPS) is 10.1. The highest BCUT2D eigenvalue weighted by atomic mass is 16.5. The monoisotopic (exact) mass is 308 g/mol. The molecule has 0 saturated carbocycles. The average Bonchev–Trinajstić information content (AvgIpc) is 2.63. The van der Waals surface area contributed by atoms with Crippen LogP contribution in [0.1, 0.15) is 5.56 Å². The molecule has 0 spiro atoms. The van der Waals surface area contributed by atoms with Crippen LogP contribution in [0.3, 0.4) is 0 Å². The standard InChI is InChI=1S/C17H16N4O2/c1-22-14-4-6-15(7-5-14)23-16-8-3-13(11-20-16)12-21-17-18-9-2-10-19-17/h2-11H,12H2,1H3,(H,18,19,21). The minimum Gasteiger partial charge on any atom is -0.497 e. The van der Waals surface area contributed by atoms with Gasteiger partial charge in [-0.2, -0.15) is 0 Å². The minimum absolute atomic E-state index is 0.537. The topological polar surface area (TPSA) is 69.2 Å². The second-order valence-electron chi connectivity index (χ2n) is 4.71. The van der Waals surface area contributed by atoms with E-state index >= 15 is 0 Å². The molecule has 0 unspecified atom stereocenters. The molecule has 1 N–H and O–H groups in total. The molecule has 6 heteroatoms. The largest absolute Gasteiger partial charge is 0.497 e. The summed E-state index contributed by atoms with van der Waals surface area (Å²) in [4.78, 5) is 12.5. The molecule has 23 heavy (non-hydrogen) atoms. The van der Waals surface area contributed by atoms with Gasteiger partial charge in [-0.3, -0.25) is 0 Å². The Balaban J connectivity index is 1.58. The maximum Gasteiger partial charge on any atom is 0.222 e. The molecule has 0 aliphatic heterocycles. The van der Waals surface area contributed by atoms with Gasteiger partial charge in [-0.1, -0.05) is 6.07 Å². The van der Waals surface area contributed by atoms with Gasteiger partial charge in [-0.15, -0.1) is 0 Å². The molecule has 1 aromatic carbocycles. The third-order valence-electron chi connectivity index (χ3n) is 3.10. The molecule has 0 bridgehead atoms. The van der Waals surface area contributed by atoms with Gasteiger partial charge in [-0.05, 0) is 35.9 Å². The number of nitrogens with zero attached hydrogens (tertiary/aromatic N) is 3.